The van der Waals surface area contributed by atoms with Gasteiger partial charge in [0.15, 0.2) is 0 Å². The van der Waals surface area contributed by atoms with Gasteiger partial charge in [0.2, 0.25) is 0 Å². The van der Waals surface area contributed by atoms with Crippen molar-refractivity contribution in [3.8, 4) is 0 Å². The highest BCUT2D eigenvalue weighted by Gasteiger charge is 2.24. The molecule has 1 N–H and O–H groups in total. The van der Waals surface area contributed by atoms with Gasteiger partial charge in [-0.05, 0) is 20.3 Å². The average Bonchev–Trinajstić information content (AvgIpc) is 2.71. The Kier molecular flexibility index (Phi) is 2.36. The van der Waals surface area contributed by atoms with E-state index in [0.717, 1.165) is 13.1 Å². The minimum atomic E-state index is 0.658. The topological polar surface area (TPSA) is 29.9 Å². The van der Waals surface area contributed by atoms with Gasteiger partial charge in [0.1, 0.15) is 0 Å². The summed E-state index contributed by atoms with van der Waals surface area (Å²) >= 11 is 0. The molecule has 0 aromatic carbocycles. The molecule has 0 aliphatic carbocycles. The van der Waals surface area contributed by atoms with E-state index in [1.807, 2.05) is 12.5 Å². The molecule has 1 fully saturated rings. The molecule has 2 unspecified atom stereocenters. The van der Waals surface area contributed by atoms with Crippen LogP contribution < -0.4 is 5.32 Å². The van der Waals surface area contributed by atoms with Crippen LogP contribution in [-0.4, -0.2) is 22.1 Å². The summed E-state index contributed by atoms with van der Waals surface area (Å²) in [6.45, 7) is 6.54. The van der Waals surface area contributed by atoms with E-state index in [-0.39, 0.29) is 0 Å². The first-order valence-corrected chi connectivity index (χ1v) is 5.04. The monoisotopic (exact) mass is 179 g/mol. The van der Waals surface area contributed by atoms with E-state index in [9.17, 15) is 0 Å². The van der Waals surface area contributed by atoms with Crippen LogP contribution >= 0.6 is 0 Å². The Balaban J connectivity index is 2.16. The van der Waals surface area contributed by atoms with E-state index in [2.05, 4.69) is 28.7 Å². The van der Waals surface area contributed by atoms with Crippen molar-refractivity contribution in [1.29, 1.82) is 0 Å². The minimum absolute atomic E-state index is 0.658. The number of aryl methyl sites for hydroxylation is 1. The molecule has 1 aromatic heterocycles. The third-order valence-corrected chi connectivity index (χ3v) is 2.85. The Hall–Kier alpha value is -0.830. The second-order valence-corrected chi connectivity index (χ2v) is 3.85. The number of hydrogen-bond donors (Lipinski definition) is 1. The third-order valence-electron chi connectivity index (χ3n) is 2.85. The van der Waals surface area contributed by atoms with Gasteiger partial charge in [-0.25, -0.2) is 4.98 Å². The summed E-state index contributed by atoms with van der Waals surface area (Å²) in [5.74, 6) is 0.664. The summed E-state index contributed by atoms with van der Waals surface area (Å²) in [4.78, 5) is 4.20. The first-order chi connectivity index (χ1) is 6.31. The summed E-state index contributed by atoms with van der Waals surface area (Å²) in [5.41, 5.74) is 1.39. The van der Waals surface area contributed by atoms with Crippen LogP contribution in [0.15, 0.2) is 12.5 Å². The number of rotatable bonds is 2. The third kappa shape index (κ3) is 1.61. The van der Waals surface area contributed by atoms with Crippen molar-refractivity contribution < 1.29 is 0 Å². The van der Waals surface area contributed by atoms with Gasteiger partial charge in [0.25, 0.3) is 0 Å². The van der Waals surface area contributed by atoms with Crippen LogP contribution in [0.1, 0.15) is 31.9 Å². The van der Waals surface area contributed by atoms with Crippen molar-refractivity contribution in [3.05, 3.63) is 18.2 Å². The lowest BCUT2D eigenvalue weighted by Crippen LogP contribution is -2.16. The maximum atomic E-state index is 4.20. The molecule has 0 saturated carbocycles. The maximum absolute atomic E-state index is 4.20. The second-order valence-electron chi connectivity index (χ2n) is 3.85. The van der Waals surface area contributed by atoms with Gasteiger partial charge in [-0.15, -0.1) is 0 Å². The highest BCUT2D eigenvalue weighted by atomic mass is 15.1. The second kappa shape index (κ2) is 3.50. The van der Waals surface area contributed by atoms with Gasteiger partial charge < -0.3 is 9.88 Å². The lowest BCUT2D eigenvalue weighted by atomic mass is 10.0. The molecule has 0 bridgehead atoms. The summed E-state index contributed by atoms with van der Waals surface area (Å²) in [7, 11) is 0. The summed E-state index contributed by atoms with van der Waals surface area (Å²) in [5, 5.41) is 3.47. The number of imidazole rings is 1. The molecular formula is C10H17N3. The molecule has 0 radical (unpaired) electrons. The predicted molar refractivity (Wildman–Crippen MR) is 52.7 cm³/mol. The summed E-state index contributed by atoms with van der Waals surface area (Å²) in [6.07, 6.45) is 5.18. The van der Waals surface area contributed by atoms with E-state index < -0.39 is 0 Å². The van der Waals surface area contributed by atoms with Gasteiger partial charge in [-0.1, -0.05) is 0 Å². The Morgan fingerprint density at radius 3 is 3.15 bits per heavy atom. The first kappa shape index (κ1) is 8.75. The van der Waals surface area contributed by atoms with E-state index in [1.165, 1.54) is 12.1 Å². The first-order valence-electron chi connectivity index (χ1n) is 5.04. The SMILES string of the molecule is CCn1cncc1C1CNC(C)C1. The Morgan fingerprint density at radius 1 is 1.69 bits per heavy atom. The van der Waals surface area contributed by atoms with Gasteiger partial charge in [0.05, 0.1) is 6.33 Å². The molecule has 2 atom stereocenters. The van der Waals surface area contributed by atoms with Gasteiger partial charge in [-0.2, -0.15) is 0 Å². The molecule has 1 aliphatic rings. The molecule has 72 valence electrons. The Bertz CT molecular complexity index is 279. The molecule has 1 aliphatic heterocycles. The maximum Gasteiger partial charge on any atom is 0.0948 e. The van der Waals surface area contributed by atoms with Crippen molar-refractivity contribution in [1.82, 2.24) is 14.9 Å². The van der Waals surface area contributed by atoms with E-state index in [4.69, 9.17) is 0 Å². The fourth-order valence-electron chi connectivity index (χ4n) is 2.10. The van der Waals surface area contributed by atoms with E-state index >= 15 is 0 Å². The lowest BCUT2D eigenvalue weighted by molar-refractivity contribution is 0.625. The van der Waals surface area contributed by atoms with Crippen molar-refractivity contribution in [3.63, 3.8) is 0 Å². The van der Waals surface area contributed by atoms with Crippen LogP contribution in [-0.2, 0) is 6.54 Å². The average molecular weight is 179 g/mol. The molecule has 3 nitrogen and oxygen atoms in total. The smallest absolute Gasteiger partial charge is 0.0948 e. The fraction of sp³-hybridized carbons (Fsp3) is 0.700. The molecular weight excluding hydrogens is 162 g/mol. The van der Waals surface area contributed by atoms with Crippen molar-refractivity contribution in [2.75, 3.05) is 6.54 Å². The van der Waals surface area contributed by atoms with Crippen molar-refractivity contribution in [2.45, 2.75) is 38.8 Å². The molecule has 3 heteroatoms. The van der Waals surface area contributed by atoms with Crippen LogP contribution in [0, 0.1) is 0 Å². The number of hydrogen-bond acceptors (Lipinski definition) is 2. The van der Waals surface area contributed by atoms with Gasteiger partial charge in [-0.3, -0.25) is 0 Å². The number of nitrogens with one attached hydrogen (secondary N) is 1. The lowest BCUT2D eigenvalue weighted by Gasteiger charge is -2.10. The minimum Gasteiger partial charge on any atom is -0.335 e. The zero-order valence-electron chi connectivity index (χ0n) is 8.33. The summed E-state index contributed by atoms with van der Waals surface area (Å²) < 4.78 is 2.24. The zero-order valence-corrected chi connectivity index (χ0v) is 8.33. The number of nitrogens with zero attached hydrogens (tertiary/aromatic N) is 2. The van der Waals surface area contributed by atoms with E-state index in [0.29, 0.717) is 12.0 Å². The van der Waals surface area contributed by atoms with Crippen molar-refractivity contribution >= 4 is 0 Å². The van der Waals surface area contributed by atoms with E-state index in [1.54, 1.807) is 0 Å². The largest absolute Gasteiger partial charge is 0.335 e. The van der Waals surface area contributed by atoms with Gasteiger partial charge in [0, 0.05) is 36.9 Å². The molecule has 2 rings (SSSR count). The van der Waals surface area contributed by atoms with Crippen LogP contribution in [0.4, 0.5) is 0 Å². The zero-order chi connectivity index (χ0) is 9.26. The Labute approximate surface area is 79.2 Å². The normalized spacial score (nSPS) is 28.2. The molecule has 0 spiro atoms. The summed E-state index contributed by atoms with van der Waals surface area (Å²) in [6, 6.07) is 0.658. The van der Waals surface area contributed by atoms with Gasteiger partial charge >= 0.3 is 0 Å². The Morgan fingerprint density at radius 2 is 2.54 bits per heavy atom. The van der Waals surface area contributed by atoms with Crippen LogP contribution in [0.5, 0.6) is 0 Å². The molecule has 1 aromatic rings. The van der Waals surface area contributed by atoms with Crippen LogP contribution in [0.2, 0.25) is 0 Å². The highest BCUT2D eigenvalue weighted by Crippen LogP contribution is 2.24. The fourth-order valence-corrected chi connectivity index (χ4v) is 2.10. The number of aromatic nitrogens is 2. The molecule has 13 heavy (non-hydrogen) atoms. The molecule has 2 heterocycles. The predicted octanol–water partition coefficient (Wildman–Crippen LogP) is 1.37. The van der Waals surface area contributed by atoms with Crippen molar-refractivity contribution in [2.24, 2.45) is 0 Å². The standard InChI is InChI=1S/C10H17N3/c1-3-13-7-11-6-10(13)9-4-8(2)12-5-9/h6-9,12H,3-5H2,1-2H3. The van der Waals surface area contributed by atoms with Crippen LogP contribution in [0.25, 0.3) is 0 Å². The molecule has 0 amide bonds. The van der Waals surface area contributed by atoms with Crippen LogP contribution in [0.3, 0.4) is 0 Å². The highest BCUT2D eigenvalue weighted by molar-refractivity contribution is 5.10. The quantitative estimate of drug-likeness (QED) is 0.743. The molecule has 1 saturated heterocycles.